The summed E-state index contributed by atoms with van der Waals surface area (Å²) in [6, 6.07) is 14.3. The SMILES string of the molecule is CC.COCCCC1CCC2C3CCC4CCCCC4(C)C3CCC12C.Cc1ccc(C(=O)c2ccc(OC(C)(C)C=O)cc2)cc1. The average molecular weight is 645 g/mol. The van der Waals surface area contributed by atoms with E-state index in [4.69, 9.17) is 9.47 Å². The molecule has 4 nitrogen and oxygen atoms in total. The van der Waals surface area contributed by atoms with Crippen LogP contribution in [-0.4, -0.2) is 31.4 Å². The summed E-state index contributed by atoms with van der Waals surface area (Å²) in [4.78, 5) is 23.2. The van der Waals surface area contributed by atoms with Crippen molar-refractivity contribution in [1.82, 2.24) is 0 Å². The summed E-state index contributed by atoms with van der Waals surface area (Å²) >= 11 is 0. The van der Waals surface area contributed by atoms with Crippen LogP contribution in [0.3, 0.4) is 0 Å². The average Bonchev–Trinajstić information content (AvgIpc) is 3.42. The maximum Gasteiger partial charge on any atom is 0.193 e. The number of aryl methyl sites for hydroxylation is 1. The highest BCUT2D eigenvalue weighted by atomic mass is 16.5. The molecule has 7 unspecified atom stereocenters. The van der Waals surface area contributed by atoms with Crippen LogP contribution in [-0.2, 0) is 9.53 Å². The van der Waals surface area contributed by atoms with Gasteiger partial charge in [0.05, 0.1) is 0 Å². The van der Waals surface area contributed by atoms with E-state index in [1.54, 1.807) is 70.2 Å². The first-order valence-corrected chi connectivity index (χ1v) is 18.9. The highest BCUT2D eigenvalue weighted by Gasteiger charge is 2.59. The zero-order valence-electron chi connectivity index (χ0n) is 30.9. The molecule has 4 saturated carbocycles. The second-order valence-corrected chi connectivity index (χ2v) is 15.9. The van der Waals surface area contributed by atoms with Crippen LogP contribution in [0.2, 0.25) is 0 Å². The minimum absolute atomic E-state index is 0.0313. The number of methoxy groups -OCH3 is 1. The number of benzene rings is 2. The van der Waals surface area contributed by atoms with Crippen molar-refractivity contribution in [2.24, 2.45) is 40.4 Å². The van der Waals surface area contributed by atoms with Gasteiger partial charge in [-0.3, -0.25) is 9.59 Å². The van der Waals surface area contributed by atoms with Gasteiger partial charge < -0.3 is 9.47 Å². The molecule has 0 N–H and O–H groups in total. The molecule has 0 heterocycles. The summed E-state index contributed by atoms with van der Waals surface area (Å²) in [6.45, 7) is 15.7. The van der Waals surface area contributed by atoms with E-state index in [0.717, 1.165) is 48.0 Å². The molecule has 0 radical (unpaired) electrons. The monoisotopic (exact) mass is 644 g/mol. The molecule has 0 bridgehead atoms. The second-order valence-electron chi connectivity index (χ2n) is 15.9. The highest BCUT2D eigenvalue weighted by Crippen LogP contribution is 2.67. The molecule has 260 valence electrons. The van der Waals surface area contributed by atoms with E-state index in [1.165, 1.54) is 44.9 Å². The maximum atomic E-state index is 12.3. The van der Waals surface area contributed by atoms with Gasteiger partial charge in [-0.1, -0.05) is 70.4 Å². The Morgan fingerprint density at radius 2 is 1.47 bits per heavy atom. The molecule has 7 atom stereocenters. The molecule has 4 fully saturated rings. The molecule has 4 heteroatoms. The molecule has 4 aliphatic rings. The van der Waals surface area contributed by atoms with E-state index in [-0.39, 0.29) is 5.78 Å². The Bertz CT molecular complexity index is 1280. The van der Waals surface area contributed by atoms with Crippen LogP contribution in [0, 0.1) is 47.3 Å². The Morgan fingerprint density at radius 3 is 2.11 bits per heavy atom. The topological polar surface area (TPSA) is 52.6 Å². The van der Waals surface area contributed by atoms with Crippen molar-refractivity contribution in [3.05, 3.63) is 65.2 Å². The second kappa shape index (κ2) is 16.3. The van der Waals surface area contributed by atoms with Crippen LogP contribution >= 0.6 is 0 Å². The van der Waals surface area contributed by atoms with E-state index >= 15 is 0 Å². The van der Waals surface area contributed by atoms with Crippen LogP contribution in [0.15, 0.2) is 48.5 Å². The number of aldehydes is 1. The van der Waals surface area contributed by atoms with Crippen molar-refractivity contribution in [1.29, 1.82) is 0 Å². The lowest BCUT2D eigenvalue weighted by atomic mass is 9.45. The third-order valence-corrected chi connectivity index (χ3v) is 12.8. The standard InChI is InChI=1S/C23H40O.C18H18O3.C2H6/c1-22-14-5-4-7-17(22)9-11-19-20-12-10-18(8-6-16-24-3)23(20,2)15-13-21(19)22;1-13-4-6-14(7-5-13)17(20)15-8-10-16(11-9-15)21-18(2,3)12-19;1-2/h17-21H,4-16H2,1-3H3;4-12H,1-3H3;1-2H3. The molecular weight excluding hydrogens is 580 g/mol. The quantitative estimate of drug-likeness (QED) is 0.155. The van der Waals surface area contributed by atoms with Crippen LogP contribution in [0.25, 0.3) is 0 Å². The Labute approximate surface area is 286 Å². The zero-order chi connectivity index (χ0) is 34.2. The van der Waals surface area contributed by atoms with Crippen molar-refractivity contribution in [3.8, 4) is 5.75 Å². The first kappa shape index (κ1) is 37.4. The molecule has 4 aliphatic carbocycles. The molecule has 47 heavy (non-hydrogen) atoms. The minimum atomic E-state index is -0.873. The third kappa shape index (κ3) is 8.41. The summed E-state index contributed by atoms with van der Waals surface area (Å²) in [7, 11) is 1.85. The summed E-state index contributed by atoms with van der Waals surface area (Å²) < 4.78 is 10.9. The van der Waals surface area contributed by atoms with E-state index < -0.39 is 5.60 Å². The van der Waals surface area contributed by atoms with E-state index in [2.05, 4.69) is 13.8 Å². The van der Waals surface area contributed by atoms with E-state index in [1.807, 2.05) is 52.1 Å². The summed E-state index contributed by atoms with van der Waals surface area (Å²) in [6.07, 6.45) is 18.8. The molecule has 0 aliphatic heterocycles. The predicted molar refractivity (Wildman–Crippen MR) is 194 cm³/mol. The van der Waals surface area contributed by atoms with Gasteiger partial charge in [0.1, 0.15) is 5.75 Å². The largest absolute Gasteiger partial charge is 0.480 e. The number of hydrogen-bond donors (Lipinski definition) is 0. The van der Waals surface area contributed by atoms with Crippen molar-refractivity contribution < 1.29 is 19.1 Å². The lowest BCUT2D eigenvalue weighted by Crippen LogP contribution is -2.52. The molecule has 2 aromatic carbocycles. The number of rotatable bonds is 9. The normalized spacial score (nSPS) is 31.0. The molecule has 0 spiro atoms. The summed E-state index contributed by atoms with van der Waals surface area (Å²) in [5.41, 5.74) is 2.86. The van der Waals surface area contributed by atoms with Crippen molar-refractivity contribution in [2.45, 2.75) is 131 Å². The fraction of sp³-hybridized carbons (Fsp3) is 0.674. The Kier molecular flexibility index (Phi) is 13.0. The molecule has 6 rings (SSSR count). The first-order chi connectivity index (χ1) is 22.5. The van der Waals surface area contributed by atoms with Gasteiger partial charge in [0.25, 0.3) is 0 Å². The van der Waals surface area contributed by atoms with E-state index in [9.17, 15) is 9.59 Å². The van der Waals surface area contributed by atoms with Gasteiger partial charge in [-0.25, -0.2) is 0 Å². The van der Waals surface area contributed by atoms with Crippen LogP contribution in [0.4, 0.5) is 0 Å². The fourth-order valence-electron chi connectivity index (χ4n) is 10.2. The predicted octanol–water partition coefficient (Wildman–Crippen LogP) is 11.1. The number of carbonyl (C=O) groups is 2. The number of ketones is 1. The lowest BCUT2D eigenvalue weighted by Gasteiger charge is -2.60. The Balaban J connectivity index is 0.000000204. The summed E-state index contributed by atoms with van der Waals surface area (Å²) in [5.74, 6) is 5.75. The van der Waals surface area contributed by atoms with Crippen LogP contribution in [0.1, 0.15) is 140 Å². The molecule has 0 saturated heterocycles. The number of fused-ring (bicyclic) bond motifs is 5. The van der Waals surface area contributed by atoms with Crippen molar-refractivity contribution in [2.75, 3.05) is 13.7 Å². The van der Waals surface area contributed by atoms with Gasteiger partial charge in [-0.05, 0) is 150 Å². The number of hydrogen-bond acceptors (Lipinski definition) is 4. The van der Waals surface area contributed by atoms with Gasteiger partial charge in [0.15, 0.2) is 17.7 Å². The molecule has 0 aromatic heterocycles. The number of carbonyl (C=O) groups excluding carboxylic acids is 2. The van der Waals surface area contributed by atoms with Crippen molar-refractivity contribution in [3.63, 3.8) is 0 Å². The Morgan fingerprint density at radius 1 is 0.830 bits per heavy atom. The van der Waals surface area contributed by atoms with Gasteiger partial charge in [0, 0.05) is 24.8 Å². The minimum Gasteiger partial charge on any atom is -0.480 e. The molecular formula is C43H64O4. The first-order valence-electron chi connectivity index (χ1n) is 18.9. The smallest absolute Gasteiger partial charge is 0.193 e. The van der Waals surface area contributed by atoms with Crippen LogP contribution < -0.4 is 4.74 Å². The summed E-state index contributed by atoms with van der Waals surface area (Å²) in [5, 5.41) is 0. The van der Waals surface area contributed by atoms with Gasteiger partial charge in [-0.2, -0.15) is 0 Å². The Hall–Kier alpha value is -2.46. The number of ether oxygens (including phenoxy) is 2. The highest BCUT2D eigenvalue weighted by molar-refractivity contribution is 6.09. The lowest BCUT2D eigenvalue weighted by molar-refractivity contribution is -0.119. The van der Waals surface area contributed by atoms with Crippen molar-refractivity contribution >= 4 is 12.1 Å². The fourth-order valence-corrected chi connectivity index (χ4v) is 10.2. The van der Waals surface area contributed by atoms with Crippen LogP contribution in [0.5, 0.6) is 5.75 Å². The van der Waals surface area contributed by atoms with Gasteiger partial charge in [-0.15, -0.1) is 0 Å². The molecule has 0 amide bonds. The maximum absolute atomic E-state index is 12.3. The third-order valence-electron chi connectivity index (χ3n) is 12.8. The van der Waals surface area contributed by atoms with Gasteiger partial charge in [0.2, 0.25) is 0 Å². The van der Waals surface area contributed by atoms with E-state index in [0.29, 0.717) is 27.7 Å². The molecule has 2 aromatic rings. The van der Waals surface area contributed by atoms with Gasteiger partial charge >= 0.3 is 0 Å². The zero-order valence-corrected chi connectivity index (χ0v) is 30.9.